The van der Waals surface area contributed by atoms with Crippen LogP contribution in [-0.2, 0) is 65.1 Å². The van der Waals surface area contributed by atoms with Crippen LogP contribution in [0.25, 0.3) is 78.4 Å². The van der Waals surface area contributed by atoms with E-state index in [0.717, 1.165) is 45.0 Å². The van der Waals surface area contributed by atoms with Crippen LogP contribution >= 0.6 is 0 Å². The topological polar surface area (TPSA) is 88.9 Å². The zero-order valence-electron chi connectivity index (χ0n) is 44.4. The smallest absolute Gasteiger partial charge is 0.155 e. The number of ketones is 1. The minimum absolute atomic E-state index is 0. The molecule has 401 valence electrons. The molecule has 4 heterocycles. The fourth-order valence-electron chi connectivity index (χ4n) is 7.94. The molecule has 0 spiro atoms. The SMILES string of the molecule is CC(=O)C=C(C)O.Cc1cc(-c2[c-]cccc2)ncc1-c1ccccc1.Cc1cc(C)cc(-c2ccnc(-c3[c-]cccc3)c2)c1.[Ir].[Ir].[Ir].[c-]1ccccc1-c1cc(-c2ccccc2)ccn1.[c-]1ccccc1-c1ccccn1. The molecular formula is C70H58Ir3N4O2-4. The number of hydrogen-bond acceptors (Lipinski definition) is 6. The van der Waals surface area contributed by atoms with Crippen molar-refractivity contribution in [2.75, 3.05) is 0 Å². The van der Waals surface area contributed by atoms with E-state index in [1.54, 1.807) is 6.20 Å². The van der Waals surface area contributed by atoms with Gasteiger partial charge in [0.05, 0.1) is 5.76 Å². The Bertz CT molecular complexity index is 3420. The average Bonchev–Trinajstić information content (AvgIpc) is 3.48. The van der Waals surface area contributed by atoms with Gasteiger partial charge in [0.15, 0.2) is 5.78 Å². The number of aromatic nitrogens is 4. The maximum Gasteiger partial charge on any atom is 0.155 e. The first-order valence-corrected chi connectivity index (χ1v) is 24.8. The number of rotatable bonds is 8. The molecule has 0 saturated carbocycles. The second kappa shape index (κ2) is 34.2. The van der Waals surface area contributed by atoms with Gasteiger partial charge in [0.25, 0.3) is 0 Å². The summed E-state index contributed by atoms with van der Waals surface area (Å²) in [6, 6.07) is 87.9. The van der Waals surface area contributed by atoms with E-state index >= 15 is 0 Å². The Hall–Kier alpha value is -7.70. The van der Waals surface area contributed by atoms with Crippen molar-refractivity contribution >= 4 is 5.78 Å². The molecule has 0 aliphatic heterocycles. The number of aryl methyl sites for hydroxylation is 3. The van der Waals surface area contributed by atoms with Crippen molar-refractivity contribution in [2.24, 2.45) is 0 Å². The van der Waals surface area contributed by atoms with Crippen LogP contribution < -0.4 is 0 Å². The maximum absolute atomic E-state index is 10.0. The molecule has 9 heteroatoms. The Balaban J connectivity index is 0.000000218. The summed E-state index contributed by atoms with van der Waals surface area (Å²) < 4.78 is 0. The summed E-state index contributed by atoms with van der Waals surface area (Å²) >= 11 is 0. The van der Waals surface area contributed by atoms with Crippen LogP contribution in [0.2, 0.25) is 0 Å². The van der Waals surface area contributed by atoms with E-state index in [2.05, 4.69) is 132 Å². The van der Waals surface area contributed by atoms with Crippen LogP contribution in [0.3, 0.4) is 0 Å². The molecule has 0 unspecified atom stereocenters. The molecule has 4 aromatic heterocycles. The van der Waals surface area contributed by atoms with Gasteiger partial charge >= 0.3 is 0 Å². The van der Waals surface area contributed by atoms with E-state index in [1.165, 1.54) is 70.0 Å². The molecule has 6 nitrogen and oxygen atoms in total. The zero-order chi connectivity index (χ0) is 53.3. The molecule has 0 atom stereocenters. The summed E-state index contributed by atoms with van der Waals surface area (Å²) in [5.74, 6) is -0.0625. The number of hydrogen-bond donors (Lipinski definition) is 1. The van der Waals surface area contributed by atoms with Crippen LogP contribution in [0.4, 0.5) is 0 Å². The summed E-state index contributed by atoms with van der Waals surface area (Å²) in [7, 11) is 0. The average molecular weight is 1560 g/mol. The first-order valence-electron chi connectivity index (χ1n) is 24.8. The molecule has 0 amide bonds. The number of aliphatic hydroxyl groups excluding tert-OH is 1. The minimum atomic E-state index is -0.125. The number of aliphatic hydroxyl groups is 1. The van der Waals surface area contributed by atoms with Gasteiger partial charge < -0.3 is 25.0 Å². The third-order valence-corrected chi connectivity index (χ3v) is 11.4. The molecular weight excluding hydrogens is 1510 g/mol. The molecule has 0 aliphatic rings. The molecule has 11 rings (SSSR count). The van der Waals surface area contributed by atoms with Crippen LogP contribution in [-0.4, -0.2) is 30.8 Å². The van der Waals surface area contributed by atoms with Gasteiger partial charge in [-0.3, -0.25) is 4.79 Å². The van der Waals surface area contributed by atoms with Crippen LogP contribution in [0.1, 0.15) is 30.5 Å². The minimum Gasteiger partial charge on any atom is -0.512 e. The Labute approximate surface area is 507 Å². The molecule has 0 fully saturated rings. The number of carbonyl (C=O) groups is 1. The van der Waals surface area contributed by atoms with Gasteiger partial charge in [-0.1, -0.05) is 120 Å². The van der Waals surface area contributed by atoms with Gasteiger partial charge in [0.1, 0.15) is 0 Å². The molecule has 0 bridgehead atoms. The largest absolute Gasteiger partial charge is 0.512 e. The Morgan fingerprint density at radius 2 is 0.797 bits per heavy atom. The van der Waals surface area contributed by atoms with Crippen LogP contribution in [0.5, 0.6) is 0 Å². The van der Waals surface area contributed by atoms with E-state index in [-0.39, 0.29) is 71.9 Å². The normalized spacial score (nSPS) is 9.96. The van der Waals surface area contributed by atoms with Crippen molar-refractivity contribution in [3.63, 3.8) is 0 Å². The second-order valence-electron chi connectivity index (χ2n) is 17.6. The van der Waals surface area contributed by atoms with Gasteiger partial charge in [0, 0.05) is 96.7 Å². The van der Waals surface area contributed by atoms with Gasteiger partial charge in [-0.15, -0.1) is 144 Å². The predicted molar refractivity (Wildman–Crippen MR) is 312 cm³/mol. The van der Waals surface area contributed by atoms with Crippen LogP contribution in [0, 0.1) is 45.0 Å². The van der Waals surface area contributed by atoms with Crippen molar-refractivity contribution in [1.82, 2.24) is 19.9 Å². The summed E-state index contributed by atoms with van der Waals surface area (Å²) in [6.45, 7) is 9.23. The quantitative estimate of drug-likeness (QED) is 0.0926. The Morgan fingerprint density at radius 3 is 1.19 bits per heavy atom. The monoisotopic (exact) mass is 1570 g/mol. The van der Waals surface area contributed by atoms with Crippen molar-refractivity contribution in [1.29, 1.82) is 0 Å². The maximum atomic E-state index is 10.0. The molecule has 7 aromatic carbocycles. The number of allylic oxidation sites excluding steroid dienone is 2. The number of pyridine rings is 4. The molecule has 79 heavy (non-hydrogen) atoms. The number of carbonyl (C=O) groups excluding carboxylic acids is 1. The summed E-state index contributed by atoms with van der Waals surface area (Å²) in [5.41, 5.74) is 19.0. The Morgan fingerprint density at radius 1 is 0.392 bits per heavy atom. The molecule has 0 aliphatic carbocycles. The second-order valence-corrected chi connectivity index (χ2v) is 17.6. The van der Waals surface area contributed by atoms with Crippen molar-refractivity contribution in [3.8, 4) is 78.4 Å². The van der Waals surface area contributed by atoms with Crippen molar-refractivity contribution in [3.05, 3.63) is 302 Å². The fraction of sp³-hybridized carbons (Fsp3) is 0.0714. The first-order chi connectivity index (χ1) is 37.1. The van der Waals surface area contributed by atoms with E-state index in [9.17, 15) is 4.79 Å². The predicted octanol–water partition coefficient (Wildman–Crippen LogP) is 17.2. The zero-order valence-corrected chi connectivity index (χ0v) is 51.6. The summed E-state index contributed by atoms with van der Waals surface area (Å²) in [5, 5.41) is 8.36. The van der Waals surface area contributed by atoms with Gasteiger partial charge in [-0.25, -0.2) is 0 Å². The van der Waals surface area contributed by atoms with Gasteiger partial charge in [-0.2, -0.15) is 0 Å². The van der Waals surface area contributed by atoms with Crippen LogP contribution in [0.15, 0.2) is 261 Å². The number of nitrogens with zero attached hydrogens (tertiary/aromatic N) is 4. The van der Waals surface area contributed by atoms with E-state index < -0.39 is 0 Å². The fourth-order valence-corrected chi connectivity index (χ4v) is 7.94. The standard InChI is InChI=1S/C19H16N.C18H14N.C17H12N.C11H8N.C5H8O2.3Ir/c1-14-10-15(2)12-18(11-14)17-8-9-20-19(13-17)16-6-4-3-5-7-16;1-14-12-18(16-10-6-3-7-11-16)19-13-17(14)15-8-4-2-5-9-15;1-3-7-14(8-4-1)16-11-12-18-17(13-16)15-9-5-2-6-10-15;1-2-6-10(7-3-1)11-8-4-5-9-12-11;1-4(6)3-5(2)7;;;/h3-6,8-13H,1-2H3;2-10,12-13H,1H3;1-9,11-13H;1-6,8-9H;3,6H,1-2H3;;;/q4*-1;;;;. The third-order valence-electron chi connectivity index (χ3n) is 11.4. The molecule has 0 saturated heterocycles. The molecule has 1 N–H and O–H groups in total. The van der Waals surface area contributed by atoms with E-state index in [1.807, 2.05) is 176 Å². The summed E-state index contributed by atoms with van der Waals surface area (Å²) in [4.78, 5) is 27.6. The van der Waals surface area contributed by atoms with E-state index in [0.29, 0.717) is 0 Å². The third kappa shape index (κ3) is 20.9. The first kappa shape index (κ1) is 63.8. The van der Waals surface area contributed by atoms with Crippen molar-refractivity contribution < 1.29 is 70.2 Å². The summed E-state index contributed by atoms with van der Waals surface area (Å²) in [6.07, 6.45) is 8.61. The molecule has 11 aromatic rings. The van der Waals surface area contributed by atoms with Gasteiger partial charge in [-0.05, 0) is 109 Å². The van der Waals surface area contributed by atoms with E-state index in [4.69, 9.17) is 5.11 Å². The van der Waals surface area contributed by atoms with Crippen molar-refractivity contribution in [2.45, 2.75) is 34.6 Å². The number of benzene rings is 7. The Kier molecular flexibility index (Phi) is 27.7. The molecule has 3 radical (unpaired) electrons. The van der Waals surface area contributed by atoms with Gasteiger partial charge in [0.2, 0.25) is 0 Å².